The summed E-state index contributed by atoms with van der Waals surface area (Å²) in [6.07, 6.45) is -0.728. The lowest BCUT2D eigenvalue weighted by Gasteiger charge is -2.30. The van der Waals surface area contributed by atoms with Gasteiger partial charge in [0.05, 0.1) is 12.0 Å². The fourth-order valence-electron chi connectivity index (χ4n) is 2.04. The van der Waals surface area contributed by atoms with E-state index in [4.69, 9.17) is 4.74 Å². The average Bonchev–Trinajstić information content (AvgIpc) is 2.46. The van der Waals surface area contributed by atoms with Gasteiger partial charge in [-0.2, -0.15) is 0 Å². The van der Waals surface area contributed by atoms with Crippen LogP contribution in [0.5, 0.6) is 0 Å². The zero-order valence-corrected chi connectivity index (χ0v) is 8.98. The van der Waals surface area contributed by atoms with E-state index in [9.17, 15) is 9.90 Å². The van der Waals surface area contributed by atoms with E-state index >= 15 is 0 Å². The van der Waals surface area contributed by atoms with Crippen LogP contribution in [0.3, 0.4) is 0 Å². The number of hydrogen-bond donors (Lipinski definition) is 2. The van der Waals surface area contributed by atoms with Crippen molar-refractivity contribution < 1.29 is 14.6 Å². The minimum Gasteiger partial charge on any atom is -0.388 e. The molecule has 0 bridgehead atoms. The Morgan fingerprint density at radius 1 is 1.53 bits per heavy atom. The number of carbonyl (C=O) groups is 1. The van der Waals surface area contributed by atoms with Gasteiger partial charge < -0.3 is 20.1 Å². The zero-order valence-electron chi connectivity index (χ0n) is 8.98. The van der Waals surface area contributed by atoms with Gasteiger partial charge in [-0.1, -0.05) is 0 Å². The summed E-state index contributed by atoms with van der Waals surface area (Å²) < 4.78 is 5.37. The highest BCUT2D eigenvalue weighted by molar-refractivity contribution is 5.80. The summed E-state index contributed by atoms with van der Waals surface area (Å²) >= 11 is 0. The number of ether oxygens (including phenoxy) is 1. The molecule has 0 aromatic rings. The maximum Gasteiger partial charge on any atom is 0.228 e. The van der Waals surface area contributed by atoms with E-state index in [0.717, 1.165) is 13.1 Å². The van der Waals surface area contributed by atoms with Crippen molar-refractivity contribution in [2.45, 2.75) is 19.1 Å². The van der Waals surface area contributed by atoms with Gasteiger partial charge in [-0.25, -0.2) is 0 Å². The molecule has 0 saturated carbocycles. The first-order valence-corrected chi connectivity index (χ1v) is 5.51. The highest BCUT2D eigenvalue weighted by Gasteiger charge is 2.38. The maximum atomic E-state index is 11.8. The smallest absolute Gasteiger partial charge is 0.228 e. The first kappa shape index (κ1) is 10.9. The van der Waals surface area contributed by atoms with E-state index in [1.807, 2.05) is 6.92 Å². The summed E-state index contributed by atoms with van der Waals surface area (Å²) in [7, 11) is 0. The second-order valence-electron chi connectivity index (χ2n) is 4.16. The Morgan fingerprint density at radius 2 is 2.27 bits per heavy atom. The first-order chi connectivity index (χ1) is 7.22. The summed E-state index contributed by atoms with van der Waals surface area (Å²) in [4.78, 5) is 13.6. The zero-order chi connectivity index (χ0) is 10.8. The van der Waals surface area contributed by atoms with Gasteiger partial charge in [0.1, 0.15) is 6.10 Å². The Kier molecular flexibility index (Phi) is 3.23. The predicted molar refractivity (Wildman–Crippen MR) is 54.4 cm³/mol. The van der Waals surface area contributed by atoms with Crippen LogP contribution in [0.4, 0.5) is 0 Å². The fourth-order valence-corrected chi connectivity index (χ4v) is 2.04. The molecule has 2 aliphatic heterocycles. The van der Waals surface area contributed by atoms with Gasteiger partial charge in [0.2, 0.25) is 5.91 Å². The predicted octanol–water partition coefficient (Wildman–Crippen LogP) is -1.19. The number of carbonyl (C=O) groups excluding carboxylic acids is 1. The molecule has 2 atom stereocenters. The molecule has 15 heavy (non-hydrogen) atoms. The van der Waals surface area contributed by atoms with E-state index in [-0.39, 0.29) is 17.9 Å². The number of β-amino-alcohol motifs (C(OH)–C–C–N with tert-alkyl or cyclic N) is 1. The maximum absolute atomic E-state index is 11.8. The molecular weight excluding hydrogens is 196 g/mol. The Labute approximate surface area is 89.4 Å². The molecule has 2 saturated heterocycles. The molecule has 1 amide bonds. The Hall–Kier alpha value is -0.650. The van der Waals surface area contributed by atoms with Crippen molar-refractivity contribution in [3.05, 3.63) is 0 Å². The minimum absolute atomic E-state index is 0.109. The van der Waals surface area contributed by atoms with Gasteiger partial charge in [-0.05, 0) is 6.92 Å². The van der Waals surface area contributed by atoms with Gasteiger partial charge >= 0.3 is 0 Å². The van der Waals surface area contributed by atoms with Crippen molar-refractivity contribution in [3.8, 4) is 0 Å². The Balaban J connectivity index is 1.87. The van der Waals surface area contributed by atoms with Crippen LogP contribution in [-0.2, 0) is 9.53 Å². The number of aliphatic hydroxyl groups excluding tert-OH is 1. The molecule has 0 aromatic heterocycles. The lowest BCUT2D eigenvalue weighted by Crippen LogP contribution is -2.51. The highest BCUT2D eigenvalue weighted by atomic mass is 16.5. The number of aliphatic hydroxyl groups is 1. The number of nitrogens with zero attached hydrogens (tertiary/aromatic N) is 1. The van der Waals surface area contributed by atoms with Gasteiger partial charge in [0.25, 0.3) is 0 Å². The minimum atomic E-state index is -0.526. The fraction of sp³-hybridized carbons (Fsp3) is 0.900. The topological polar surface area (TPSA) is 61.8 Å². The molecule has 5 heteroatoms. The first-order valence-electron chi connectivity index (χ1n) is 5.51. The third-order valence-corrected chi connectivity index (χ3v) is 3.06. The van der Waals surface area contributed by atoms with E-state index in [1.54, 1.807) is 4.90 Å². The molecule has 0 aliphatic carbocycles. The SMILES string of the molecule is CCO[C@H]1CN(C(=O)C2CNC2)C[C@@H]1O. The van der Waals surface area contributed by atoms with E-state index in [0.29, 0.717) is 19.7 Å². The van der Waals surface area contributed by atoms with Crippen LogP contribution in [0.2, 0.25) is 0 Å². The number of rotatable bonds is 3. The number of likely N-dealkylation sites (tertiary alicyclic amines) is 1. The molecule has 0 spiro atoms. The molecule has 2 rings (SSSR count). The summed E-state index contributed by atoms with van der Waals surface area (Å²) in [6, 6.07) is 0. The van der Waals surface area contributed by atoms with Crippen LogP contribution in [0.15, 0.2) is 0 Å². The van der Waals surface area contributed by atoms with E-state index in [1.165, 1.54) is 0 Å². The molecule has 2 fully saturated rings. The van der Waals surface area contributed by atoms with Gasteiger partial charge in [0, 0.05) is 32.8 Å². The Morgan fingerprint density at radius 3 is 2.80 bits per heavy atom. The summed E-state index contributed by atoms with van der Waals surface area (Å²) in [6.45, 7) is 4.96. The monoisotopic (exact) mass is 214 g/mol. The number of nitrogens with one attached hydrogen (secondary N) is 1. The normalized spacial score (nSPS) is 31.7. The lowest BCUT2D eigenvalue weighted by molar-refractivity contribution is -0.136. The molecule has 5 nitrogen and oxygen atoms in total. The van der Waals surface area contributed by atoms with Crippen LogP contribution in [0, 0.1) is 5.92 Å². The van der Waals surface area contributed by atoms with E-state index in [2.05, 4.69) is 5.32 Å². The molecule has 0 unspecified atom stereocenters. The van der Waals surface area contributed by atoms with Crippen LogP contribution >= 0.6 is 0 Å². The van der Waals surface area contributed by atoms with Crippen molar-refractivity contribution in [3.63, 3.8) is 0 Å². The summed E-state index contributed by atoms with van der Waals surface area (Å²) in [5, 5.41) is 12.7. The van der Waals surface area contributed by atoms with Gasteiger partial charge in [0.15, 0.2) is 0 Å². The molecule has 2 aliphatic rings. The lowest BCUT2D eigenvalue weighted by atomic mass is 10.0. The van der Waals surface area contributed by atoms with Crippen molar-refractivity contribution in [2.75, 3.05) is 32.8 Å². The molecule has 0 aromatic carbocycles. The third kappa shape index (κ3) is 2.14. The second kappa shape index (κ2) is 4.47. The molecule has 0 radical (unpaired) electrons. The van der Waals surface area contributed by atoms with Crippen LogP contribution in [0.25, 0.3) is 0 Å². The number of hydrogen-bond acceptors (Lipinski definition) is 4. The molecule has 2 N–H and O–H groups in total. The molecular formula is C10H18N2O3. The van der Waals surface area contributed by atoms with Gasteiger partial charge in [-0.15, -0.1) is 0 Å². The van der Waals surface area contributed by atoms with Crippen molar-refractivity contribution in [1.82, 2.24) is 10.2 Å². The van der Waals surface area contributed by atoms with Crippen LogP contribution in [0.1, 0.15) is 6.92 Å². The summed E-state index contributed by atoms with van der Waals surface area (Å²) in [5.74, 6) is 0.257. The number of amides is 1. The third-order valence-electron chi connectivity index (χ3n) is 3.06. The second-order valence-corrected chi connectivity index (χ2v) is 4.16. The average molecular weight is 214 g/mol. The molecule has 2 heterocycles. The van der Waals surface area contributed by atoms with Gasteiger partial charge in [-0.3, -0.25) is 4.79 Å². The molecule has 86 valence electrons. The van der Waals surface area contributed by atoms with Crippen LogP contribution in [-0.4, -0.2) is 60.9 Å². The quantitative estimate of drug-likeness (QED) is 0.620. The van der Waals surface area contributed by atoms with Crippen molar-refractivity contribution in [2.24, 2.45) is 5.92 Å². The van der Waals surface area contributed by atoms with E-state index < -0.39 is 6.10 Å². The standard InChI is InChI=1S/C10H18N2O3/c1-2-15-9-6-12(5-8(9)13)10(14)7-3-11-4-7/h7-9,11,13H,2-6H2,1H3/t8-,9-/m0/s1. The largest absolute Gasteiger partial charge is 0.388 e. The van der Waals surface area contributed by atoms with Crippen molar-refractivity contribution in [1.29, 1.82) is 0 Å². The highest BCUT2D eigenvalue weighted by Crippen LogP contribution is 2.17. The Bertz CT molecular complexity index is 243. The van der Waals surface area contributed by atoms with Crippen molar-refractivity contribution >= 4 is 5.91 Å². The van der Waals surface area contributed by atoms with Crippen LogP contribution < -0.4 is 5.32 Å². The summed E-state index contributed by atoms with van der Waals surface area (Å²) in [5.41, 5.74) is 0.